The number of carbonyl (C=O) groups excluding carboxylic acids is 1. The van der Waals surface area contributed by atoms with Gasteiger partial charge in [0.25, 0.3) is 6.16 Å². The zero-order valence-corrected chi connectivity index (χ0v) is 11.7. The van der Waals surface area contributed by atoms with Gasteiger partial charge in [0, 0.05) is 6.61 Å². The average molecular weight is 236 g/mol. The van der Waals surface area contributed by atoms with Crippen LogP contribution in [-0.2, 0) is 4.74 Å². The Morgan fingerprint density at radius 2 is 1.65 bits per heavy atom. The minimum absolute atomic E-state index is 0. The maximum atomic E-state index is 10.2. The van der Waals surface area contributed by atoms with Crippen LogP contribution in [0.25, 0.3) is 0 Å². The third-order valence-electron chi connectivity index (χ3n) is 2.87. The van der Waals surface area contributed by atoms with Crippen LogP contribution in [0, 0.1) is 5.92 Å². The zero-order valence-electron chi connectivity index (χ0n) is 11.7. The van der Waals surface area contributed by atoms with Crippen molar-refractivity contribution < 1.29 is 33.5 Å². The number of rotatable bonds is 10. The maximum absolute atomic E-state index is 10.2. The van der Waals surface area contributed by atoms with Crippen molar-refractivity contribution in [2.45, 2.75) is 65.2 Å². The van der Waals surface area contributed by atoms with Crippen molar-refractivity contribution in [3.8, 4) is 0 Å². The number of hydrogen-bond donors (Lipinski definition) is 0. The van der Waals surface area contributed by atoms with Crippen molar-refractivity contribution in [3.05, 3.63) is 0 Å². The summed E-state index contributed by atoms with van der Waals surface area (Å²) in [4.78, 5) is 10.2. The van der Waals surface area contributed by atoms with E-state index < -0.39 is 6.16 Å². The van der Waals surface area contributed by atoms with E-state index in [9.17, 15) is 9.90 Å². The summed E-state index contributed by atoms with van der Waals surface area (Å²) in [5.74, 6) is 0.384. The SMILES string of the molecule is CCCCCCC(CCCC)COC(=O)[O-].[Li+]. The van der Waals surface area contributed by atoms with E-state index in [1.807, 2.05) is 0 Å². The predicted octanol–water partition coefficient (Wildman–Crippen LogP) is 0.127. The smallest absolute Gasteiger partial charge is 0.549 e. The molecule has 0 aliphatic rings. The van der Waals surface area contributed by atoms with Crippen LogP contribution in [0.5, 0.6) is 0 Å². The first-order chi connectivity index (χ1) is 7.70. The first kappa shape index (κ1) is 19.2. The van der Waals surface area contributed by atoms with Gasteiger partial charge in [-0.05, 0) is 18.8 Å². The summed E-state index contributed by atoms with van der Waals surface area (Å²) in [6.45, 7) is 4.65. The third-order valence-corrected chi connectivity index (χ3v) is 2.87. The molecule has 0 amide bonds. The molecule has 1 unspecified atom stereocenters. The van der Waals surface area contributed by atoms with Crippen LogP contribution in [0.2, 0.25) is 0 Å². The van der Waals surface area contributed by atoms with Crippen molar-refractivity contribution in [1.82, 2.24) is 0 Å². The van der Waals surface area contributed by atoms with Crippen LogP contribution in [0.4, 0.5) is 4.79 Å². The molecule has 0 rings (SSSR count). The van der Waals surface area contributed by atoms with Crippen LogP contribution in [0.3, 0.4) is 0 Å². The molecule has 0 fully saturated rings. The van der Waals surface area contributed by atoms with E-state index in [-0.39, 0.29) is 18.9 Å². The van der Waals surface area contributed by atoms with Crippen LogP contribution >= 0.6 is 0 Å². The molecular formula is C13H25LiO3. The van der Waals surface area contributed by atoms with Gasteiger partial charge in [-0.1, -0.05) is 52.4 Å². The van der Waals surface area contributed by atoms with E-state index in [0.29, 0.717) is 12.5 Å². The molecule has 0 heterocycles. The molecule has 0 N–H and O–H groups in total. The molecule has 96 valence electrons. The third kappa shape index (κ3) is 13.8. The molecule has 0 aromatic carbocycles. The Bertz CT molecular complexity index is 174. The molecule has 0 bridgehead atoms. The van der Waals surface area contributed by atoms with Crippen LogP contribution < -0.4 is 24.0 Å². The molecule has 4 heteroatoms. The van der Waals surface area contributed by atoms with Crippen LogP contribution in [-0.4, -0.2) is 12.8 Å². The Kier molecular flexibility index (Phi) is 15.7. The molecule has 0 aromatic rings. The van der Waals surface area contributed by atoms with Gasteiger partial charge in [0.2, 0.25) is 0 Å². The number of ether oxygens (including phenoxy) is 1. The quantitative estimate of drug-likeness (QED) is 0.308. The van der Waals surface area contributed by atoms with E-state index in [2.05, 4.69) is 18.6 Å². The largest absolute Gasteiger partial charge is 1.00 e. The Labute approximate surface area is 117 Å². The summed E-state index contributed by atoms with van der Waals surface area (Å²) < 4.78 is 4.56. The molecule has 0 saturated heterocycles. The molecule has 3 nitrogen and oxygen atoms in total. The first-order valence-electron chi connectivity index (χ1n) is 6.54. The fraction of sp³-hybridized carbons (Fsp3) is 0.923. The van der Waals surface area contributed by atoms with Gasteiger partial charge in [-0.25, -0.2) is 0 Å². The Balaban J connectivity index is 0. The van der Waals surface area contributed by atoms with E-state index >= 15 is 0 Å². The number of carboxylic acid groups (broad SMARTS) is 1. The van der Waals surface area contributed by atoms with E-state index in [0.717, 1.165) is 25.7 Å². The summed E-state index contributed by atoms with van der Waals surface area (Å²) >= 11 is 0. The van der Waals surface area contributed by atoms with Gasteiger partial charge in [0.15, 0.2) is 0 Å². The standard InChI is InChI=1S/C13H26O3.Li/c1-3-5-7-8-10-12(9-6-4-2)11-16-13(14)15;/h12H,3-11H2,1-2H3,(H,14,15);/q;+1/p-1. The topological polar surface area (TPSA) is 49.4 Å². The molecule has 0 saturated carbocycles. The summed E-state index contributed by atoms with van der Waals surface area (Å²) in [7, 11) is 0. The van der Waals surface area contributed by atoms with Gasteiger partial charge < -0.3 is 14.6 Å². The second-order valence-corrected chi connectivity index (χ2v) is 4.42. The number of hydrogen-bond acceptors (Lipinski definition) is 3. The van der Waals surface area contributed by atoms with Crippen molar-refractivity contribution in [3.63, 3.8) is 0 Å². The molecule has 1 atom stereocenters. The van der Waals surface area contributed by atoms with E-state index in [1.165, 1.54) is 25.7 Å². The second kappa shape index (κ2) is 13.9. The fourth-order valence-electron chi connectivity index (χ4n) is 1.85. The normalized spacial score (nSPS) is 11.6. The predicted molar refractivity (Wildman–Crippen MR) is 63.1 cm³/mol. The average Bonchev–Trinajstić information content (AvgIpc) is 2.26. The molecule has 0 spiro atoms. The first-order valence-corrected chi connectivity index (χ1v) is 6.54. The Morgan fingerprint density at radius 3 is 2.18 bits per heavy atom. The van der Waals surface area contributed by atoms with Gasteiger partial charge in [-0.2, -0.15) is 0 Å². The van der Waals surface area contributed by atoms with Gasteiger partial charge in [0.1, 0.15) is 0 Å². The minimum atomic E-state index is -1.39. The van der Waals surface area contributed by atoms with Gasteiger partial charge in [-0.3, -0.25) is 0 Å². The minimum Gasteiger partial charge on any atom is -0.549 e. The van der Waals surface area contributed by atoms with Crippen molar-refractivity contribution in [2.24, 2.45) is 5.92 Å². The van der Waals surface area contributed by atoms with Crippen LogP contribution in [0.15, 0.2) is 0 Å². The molecule has 0 aromatic heterocycles. The number of unbranched alkanes of at least 4 members (excludes halogenated alkanes) is 4. The van der Waals surface area contributed by atoms with Crippen molar-refractivity contribution >= 4 is 6.16 Å². The fourth-order valence-corrected chi connectivity index (χ4v) is 1.85. The molecule has 0 aliphatic heterocycles. The Morgan fingerprint density at radius 1 is 1.06 bits per heavy atom. The number of carbonyl (C=O) groups is 1. The summed E-state index contributed by atoms with van der Waals surface area (Å²) in [6, 6.07) is 0. The van der Waals surface area contributed by atoms with E-state index in [1.54, 1.807) is 0 Å². The van der Waals surface area contributed by atoms with Gasteiger partial charge in [-0.15, -0.1) is 0 Å². The van der Waals surface area contributed by atoms with Crippen LogP contribution in [0.1, 0.15) is 65.2 Å². The second-order valence-electron chi connectivity index (χ2n) is 4.42. The molecule has 0 aliphatic carbocycles. The molecular weight excluding hydrogens is 211 g/mol. The van der Waals surface area contributed by atoms with E-state index in [4.69, 9.17) is 0 Å². The van der Waals surface area contributed by atoms with Crippen molar-refractivity contribution in [2.75, 3.05) is 6.61 Å². The zero-order chi connectivity index (χ0) is 12.2. The summed E-state index contributed by atoms with van der Waals surface area (Å²) in [5, 5.41) is 10.2. The van der Waals surface area contributed by atoms with Gasteiger partial charge in [0.05, 0.1) is 0 Å². The molecule has 0 radical (unpaired) electrons. The maximum Gasteiger partial charge on any atom is 1.00 e. The summed E-state index contributed by atoms with van der Waals surface area (Å²) in [6.07, 6.45) is 7.96. The van der Waals surface area contributed by atoms with Crippen molar-refractivity contribution in [1.29, 1.82) is 0 Å². The summed E-state index contributed by atoms with van der Waals surface area (Å²) in [5.41, 5.74) is 0. The molecule has 17 heavy (non-hydrogen) atoms. The Hall–Kier alpha value is -0.133. The van der Waals surface area contributed by atoms with Gasteiger partial charge >= 0.3 is 18.9 Å². The monoisotopic (exact) mass is 236 g/mol.